The van der Waals surface area contributed by atoms with Gasteiger partial charge in [0.1, 0.15) is 0 Å². The smallest absolute Gasteiger partial charge is 0.227 e. The first kappa shape index (κ1) is 15.1. The Hall–Kier alpha value is -1.84. The van der Waals surface area contributed by atoms with Gasteiger partial charge in [-0.05, 0) is 24.8 Å². The summed E-state index contributed by atoms with van der Waals surface area (Å²) in [5.74, 6) is 0.410. The van der Waals surface area contributed by atoms with Gasteiger partial charge >= 0.3 is 0 Å². The Bertz CT molecular complexity index is 557. The highest BCUT2D eigenvalue weighted by Crippen LogP contribution is 2.49. The van der Waals surface area contributed by atoms with Gasteiger partial charge in [0, 0.05) is 31.5 Å². The molecule has 1 aliphatic carbocycles. The Kier molecular flexibility index (Phi) is 4.19. The van der Waals surface area contributed by atoms with Crippen molar-refractivity contribution < 1.29 is 9.59 Å². The van der Waals surface area contributed by atoms with Crippen molar-refractivity contribution in [1.82, 2.24) is 10.2 Å². The predicted molar refractivity (Wildman–Crippen MR) is 85.2 cm³/mol. The van der Waals surface area contributed by atoms with Gasteiger partial charge in [-0.3, -0.25) is 9.59 Å². The van der Waals surface area contributed by atoms with E-state index in [2.05, 4.69) is 5.32 Å². The van der Waals surface area contributed by atoms with Crippen LogP contribution in [0.15, 0.2) is 30.3 Å². The Morgan fingerprint density at radius 3 is 2.77 bits per heavy atom. The maximum absolute atomic E-state index is 12.5. The Labute approximate surface area is 131 Å². The number of carbonyl (C=O) groups excluding carboxylic acids is 2. The second-order valence-corrected chi connectivity index (χ2v) is 6.65. The fourth-order valence-corrected chi connectivity index (χ4v) is 4.20. The van der Waals surface area contributed by atoms with Crippen LogP contribution in [0.2, 0.25) is 0 Å². The molecule has 1 aromatic carbocycles. The normalized spacial score (nSPS) is 27.3. The van der Waals surface area contributed by atoms with Crippen molar-refractivity contribution in [2.45, 2.75) is 32.1 Å². The number of hydrogen-bond donors (Lipinski definition) is 1. The zero-order valence-electron chi connectivity index (χ0n) is 13.2. The van der Waals surface area contributed by atoms with Crippen molar-refractivity contribution in [3.8, 4) is 0 Å². The minimum Gasteiger partial charge on any atom is -0.359 e. The van der Waals surface area contributed by atoms with E-state index in [1.165, 1.54) is 0 Å². The van der Waals surface area contributed by atoms with Gasteiger partial charge in [-0.15, -0.1) is 0 Å². The zero-order chi connectivity index (χ0) is 15.6. The van der Waals surface area contributed by atoms with Crippen LogP contribution in [0.1, 0.15) is 31.2 Å². The molecule has 4 heteroatoms. The van der Waals surface area contributed by atoms with E-state index in [4.69, 9.17) is 0 Å². The highest BCUT2D eigenvalue weighted by atomic mass is 16.2. The molecular weight excluding hydrogens is 276 g/mol. The second-order valence-electron chi connectivity index (χ2n) is 6.65. The number of rotatable bonds is 3. The Morgan fingerprint density at radius 1 is 1.27 bits per heavy atom. The van der Waals surface area contributed by atoms with Gasteiger partial charge in [-0.1, -0.05) is 36.8 Å². The maximum Gasteiger partial charge on any atom is 0.227 e. The summed E-state index contributed by atoms with van der Waals surface area (Å²) in [5.41, 5.74) is 1.08. The third kappa shape index (κ3) is 2.74. The molecule has 1 saturated heterocycles. The summed E-state index contributed by atoms with van der Waals surface area (Å²) in [6.45, 7) is 1.54. The van der Waals surface area contributed by atoms with Crippen molar-refractivity contribution in [2.24, 2.45) is 11.3 Å². The average molecular weight is 300 g/mol. The topological polar surface area (TPSA) is 49.4 Å². The van der Waals surface area contributed by atoms with E-state index in [0.717, 1.165) is 44.3 Å². The quantitative estimate of drug-likeness (QED) is 0.928. The number of nitrogens with zero attached hydrogens (tertiary/aromatic N) is 1. The first-order valence-corrected chi connectivity index (χ1v) is 8.18. The lowest BCUT2D eigenvalue weighted by Crippen LogP contribution is -2.40. The third-order valence-electron chi connectivity index (χ3n) is 5.41. The van der Waals surface area contributed by atoms with Gasteiger partial charge in [0.15, 0.2) is 0 Å². The van der Waals surface area contributed by atoms with Crippen molar-refractivity contribution in [1.29, 1.82) is 0 Å². The van der Waals surface area contributed by atoms with Crippen molar-refractivity contribution in [2.75, 3.05) is 20.1 Å². The van der Waals surface area contributed by atoms with Gasteiger partial charge < -0.3 is 10.2 Å². The SMILES string of the molecule is CNC(=O)C1CCCC12CCN(C(=O)Cc1ccccc1)C2. The molecule has 22 heavy (non-hydrogen) atoms. The monoisotopic (exact) mass is 300 g/mol. The van der Waals surface area contributed by atoms with E-state index in [1.54, 1.807) is 7.05 Å². The molecule has 2 fully saturated rings. The van der Waals surface area contributed by atoms with E-state index in [1.807, 2.05) is 35.2 Å². The highest BCUT2D eigenvalue weighted by Gasteiger charge is 2.50. The highest BCUT2D eigenvalue weighted by molar-refractivity contribution is 5.81. The second kappa shape index (κ2) is 6.11. The van der Waals surface area contributed by atoms with Crippen molar-refractivity contribution in [3.63, 3.8) is 0 Å². The lowest BCUT2D eigenvalue weighted by Gasteiger charge is -2.30. The van der Waals surface area contributed by atoms with Crippen LogP contribution >= 0.6 is 0 Å². The summed E-state index contributed by atoms with van der Waals surface area (Å²) in [6.07, 6.45) is 4.55. The predicted octanol–water partition coefficient (Wildman–Crippen LogP) is 1.99. The largest absolute Gasteiger partial charge is 0.359 e. The molecule has 2 aliphatic rings. The lowest BCUT2D eigenvalue weighted by molar-refractivity contribution is -0.132. The number of hydrogen-bond acceptors (Lipinski definition) is 2. The molecular formula is C18H24N2O2. The Balaban J connectivity index is 1.66. The maximum atomic E-state index is 12.5. The van der Waals surface area contributed by atoms with Crippen molar-refractivity contribution in [3.05, 3.63) is 35.9 Å². The Morgan fingerprint density at radius 2 is 2.05 bits per heavy atom. The molecule has 4 nitrogen and oxygen atoms in total. The fraction of sp³-hybridized carbons (Fsp3) is 0.556. The van der Waals surface area contributed by atoms with E-state index in [9.17, 15) is 9.59 Å². The van der Waals surface area contributed by atoms with Crippen LogP contribution in [0.25, 0.3) is 0 Å². The van der Waals surface area contributed by atoms with Gasteiger partial charge in [0.2, 0.25) is 11.8 Å². The van der Waals surface area contributed by atoms with Crippen LogP contribution in [0, 0.1) is 11.3 Å². The van der Waals surface area contributed by atoms with Crippen LogP contribution in [-0.2, 0) is 16.0 Å². The van der Waals surface area contributed by atoms with Crippen LogP contribution in [0.5, 0.6) is 0 Å². The summed E-state index contributed by atoms with van der Waals surface area (Å²) >= 11 is 0. The first-order chi connectivity index (χ1) is 10.6. The number of carbonyl (C=O) groups is 2. The number of nitrogens with one attached hydrogen (secondary N) is 1. The van der Waals surface area contributed by atoms with Crippen LogP contribution in [0.3, 0.4) is 0 Å². The minimum absolute atomic E-state index is 0.0203. The summed E-state index contributed by atoms with van der Waals surface area (Å²) in [7, 11) is 1.71. The van der Waals surface area contributed by atoms with Crippen LogP contribution in [0.4, 0.5) is 0 Å². The molecule has 0 radical (unpaired) electrons. The van der Waals surface area contributed by atoms with Crippen LogP contribution in [-0.4, -0.2) is 36.9 Å². The molecule has 1 aliphatic heterocycles. The van der Waals surface area contributed by atoms with Gasteiger partial charge in [0.25, 0.3) is 0 Å². The lowest BCUT2D eigenvalue weighted by atomic mass is 9.76. The molecule has 1 spiro atoms. The molecule has 2 amide bonds. The van der Waals surface area contributed by atoms with E-state index >= 15 is 0 Å². The van der Waals surface area contributed by atoms with Gasteiger partial charge in [-0.2, -0.15) is 0 Å². The third-order valence-corrected chi connectivity index (χ3v) is 5.41. The summed E-state index contributed by atoms with van der Waals surface area (Å²) in [4.78, 5) is 26.6. The zero-order valence-corrected chi connectivity index (χ0v) is 13.2. The standard InChI is InChI=1S/C18H24N2O2/c1-19-17(22)15-8-5-9-18(15)10-11-20(13-18)16(21)12-14-6-3-2-4-7-14/h2-4,6-7,15H,5,8-13H2,1H3,(H,19,22). The van der Waals surface area contributed by atoms with Crippen molar-refractivity contribution >= 4 is 11.8 Å². The summed E-state index contributed by atoms with van der Waals surface area (Å²) in [5, 5.41) is 2.80. The number of benzene rings is 1. The molecule has 118 valence electrons. The van der Waals surface area contributed by atoms with Gasteiger partial charge in [0.05, 0.1) is 6.42 Å². The molecule has 2 unspecified atom stereocenters. The fourth-order valence-electron chi connectivity index (χ4n) is 4.20. The molecule has 2 atom stereocenters. The molecule has 3 rings (SSSR count). The van der Waals surface area contributed by atoms with E-state index < -0.39 is 0 Å². The van der Waals surface area contributed by atoms with E-state index in [0.29, 0.717) is 6.42 Å². The summed E-state index contributed by atoms with van der Waals surface area (Å²) < 4.78 is 0. The molecule has 1 saturated carbocycles. The molecule has 1 N–H and O–H groups in total. The average Bonchev–Trinajstić information content (AvgIpc) is 3.15. The molecule has 0 aromatic heterocycles. The molecule has 1 heterocycles. The molecule has 1 aromatic rings. The number of amides is 2. The molecule has 0 bridgehead atoms. The first-order valence-electron chi connectivity index (χ1n) is 8.18. The number of likely N-dealkylation sites (tertiary alicyclic amines) is 1. The van der Waals surface area contributed by atoms with E-state index in [-0.39, 0.29) is 23.1 Å². The summed E-state index contributed by atoms with van der Waals surface area (Å²) in [6, 6.07) is 9.88. The minimum atomic E-state index is 0.0203. The van der Waals surface area contributed by atoms with Gasteiger partial charge in [-0.25, -0.2) is 0 Å². The van der Waals surface area contributed by atoms with Crippen LogP contribution < -0.4 is 5.32 Å².